The van der Waals surface area contributed by atoms with Crippen LogP contribution >= 0.6 is 0 Å². The highest BCUT2D eigenvalue weighted by molar-refractivity contribution is 7.85. The summed E-state index contributed by atoms with van der Waals surface area (Å²) in [4.78, 5) is 35.2. The summed E-state index contributed by atoms with van der Waals surface area (Å²) in [5.41, 5.74) is 6.00. The van der Waals surface area contributed by atoms with E-state index in [1.54, 1.807) is 6.07 Å². The minimum Gasteiger partial charge on any atom is -0.477 e. The van der Waals surface area contributed by atoms with Gasteiger partial charge in [-0.05, 0) is 12.1 Å². The maximum Gasteiger partial charge on any atom is 0.345 e. The van der Waals surface area contributed by atoms with E-state index in [-0.39, 0.29) is 22.8 Å². The van der Waals surface area contributed by atoms with Gasteiger partial charge in [0.1, 0.15) is 24.5 Å². The number of anilines is 1. The average molecular weight is 505 g/mol. The standard InChI is InChI=1S/C18H20FN5O4.CH4O3S.H2O/c1-28-22-14-8-23(7-10(14)6-20)15-5-4-12-16(25)13(18(26)27)9-24(19,11-2-3-11)17(12)21-15;1-5(2,3)4;/h4-5,9-11H,2-3,6-8,20H2,1H3;1H3,(H,2,3,4);1H2/p+1. The van der Waals surface area contributed by atoms with Gasteiger partial charge in [0, 0.05) is 36.3 Å². The van der Waals surface area contributed by atoms with E-state index in [4.69, 9.17) is 15.1 Å². The number of oxime groups is 1. The van der Waals surface area contributed by atoms with Gasteiger partial charge in [-0.25, -0.2) is 4.79 Å². The molecule has 2 aliphatic heterocycles. The lowest BCUT2D eigenvalue weighted by atomic mass is 10.0. The first kappa shape index (κ1) is 27.3. The zero-order valence-electron chi connectivity index (χ0n) is 18.5. The Morgan fingerprint density at radius 1 is 1.41 bits per heavy atom. The maximum absolute atomic E-state index is 15.8. The highest BCUT2D eigenvalue weighted by atomic mass is 32.2. The molecule has 1 saturated carbocycles. The highest BCUT2D eigenvalue weighted by Gasteiger charge is 2.55. The Hall–Kier alpha value is -2.98. The number of carboxylic acids is 1. The fourth-order valence-electron chi connectivity index (χ4n) is 3.75. The molecule has 6 N–H and O–H groups in total. The van der Waals surface area contributed by atoms with Gasteiger partial charge in [0.05, 0.1) is 18.5 Å². The maximum atomic E-state index is 15.8. The minimum absolute atomic E-state index is 0. The van der Waals surface area contributed by atoms with Gasteiger partial charge in [-0.1, -0.05) is 9.86 Å². The summed E-state index contributed by atoms with van der Waals surface area (Å²) in [5, 5.41) is 13.3. The van der Waals surface area contributed by atoms with Gasteiger partial charge in [-0.2, -0.15) is 13.4 Å². The van der Waals surface area contributed by atoms with Crippen LogP contribution in [0.4, 0.5) is 16.1 Å². The molecule has 34 heavy (non-hydrogen) atoms. The van der Waals surface area contributed by atoms with Crippen LogP contribution in [0.5, 0.6) is 0 Å². The van der Waals surface area contributed by atoms with E-state index >= 15 is 4.48 Å². The number of carbonyl (C=O) groups excluding carboxylic acids is 1. The topological polar surface area (TPSA) is 204 Å². The summed E-state index contributed by atoms with van der Waals surface area (Å²) >= 11 is 0. The Balaban J connectivity index is 0.000000619. The van der Waals surface area contributed by atoms with Crippen LogP contribution in [0.25, 0.3) is 0 Å². The van der Waals surface area contributed by atoms with E-state index in [1.807, 2.05) is 4.90 Å². The molecule has 1 saturated heterocycles. The average Bonchev–Trinajstić information content (AvgIpc) is 3.51. The molecular formula is C19H27FN5O8S+. The molecule has 13 nitrogen and oxygen atoms in total. The molecule has 4 rings (SSSR count). The van der Waals surface area contributed by atoms with E-state index in [9.17, 15) is 23.1 Å². The first-order valence-corrected chi connectivity index (χ1v) is 11.8. The van der Waals surface area contributed by atoms with Crippen LogP contribution in [0.3, 0.4) is 0 Å². The number of halogens is 1. The van der Waals surface area contributed by atoms with Crippen molar-refractivity contribution in [1.82, 2.24) is 9.69 Å². The van der Waals surface area contributed by atoms with Gasteiger partial charge in [-0.3, -0.25) is 9.35 Å². The number of aromatic nitrogens is 1. The van der Waals surface area contributed by atoms with Gasteiger partial charge in [0.25, 0.3) is 15.9 Å². The summed E-state index contributed by atoms with van der Waals surface area (Å²) in [6.45, 7) is 1.36. The number of fused-ring (bicyclic) bond motifs is 1. The SMILES string of the molecule is CON=C1CN(c2ccc3c(n2)[N+](F)(C2CC2)C=C(C(=O)O)C3=O)CC1CN.CS(=O)(=O)O.O. The van der Waals surface area contributed by atoms with Gasteiger partial charge < -0.3 is 26.1 Å². The number of nitrogens with zero attached hydrogens (tertiary/aromatic N) is 4. The summed E-state index contributed by atoms with van der Waals surface area (Å²) in [6, 6.07) is 2.63. The lowest BCUT2D eigenvalue weighted by molar-refractivity contribution is -0.132. The van der Waals surface area contributed by atoms with Crippen molar-refractivity contribution < 1.29 is 42.5 Å². The highest BCUT2D eigenvalue weighted by Crippen LogP contribution is 2.45. The lowest BCUT2D eigenvalue weighted by Crippen LogP contribution is -2.43. The summed E-state index contributed by atoms with van der Waals surface area (Å²) < 4.78 is 40.5. The molecular weight excluding hydrogens is 477 g/mol. The summed E-state index contributed by atoms with van der Waals surface area (Å²) in [5.74, 6) is -1.75. The molecule has 2 atom stereocenters. The predicted octanol–water partition coefficient (Wildman–Crippen LogP) is -0.323. The molecule has 15 heteroatoms. The van der Waals surface area contributed by atoms with Crippen molar-refractivity contribution in [3.05, 3.63) is 29.5 Å². The van der Waals surface area contributed by atoms with Crippen molar-refractivity contribution >= 4 is 39.2 Å². The zero-order valence-corrected chi connectivity index (χ0v) is 19.3. The smallest absolute Gasteiger partial charge is 0.345 e. The third-order valence-electron chi connectivity index (χ3n) is 5.38. The zero-order chi connectivity index (χ0) is 24.6. The number of hydrogen-bond donors (Lipinski definition) is 3. The number of aliphatic carboxylic acids is 1. The molecule has 0 amide bonds. The number of quaternary nitrogens is 1. The van der Waals surface area contributed by atoms with Crippen LogP contribution in [0.2, 0.25) is 0 Å². The Morgan fingerprint density at radius 2 is 2.03 bits per heavy atom. The number of ketones is 1. The Kier molecular flexibility index (Phi) is 8.10. The van der Waals surface area contributed by atoms with Gasteiger partial charge in [0.2, 0.25) is 5.78 Å². The molecule has 0 bridgehead atoms. The third kappa shape index (κ3) is 5.74. The van der Waals surface area contributed by atoms with E-state index < -0.39 is 38.2 Å². The summed E-state index contributed by atoms with van der Waals surface area (Å²) in [7, 11) is -2.21. The molecule has 0 spiro atoms. The Labute approximate surface area is 194 Å². The quantitative estimate of drug-likeness (QED) is 0.206. The molecule has 1 aromatic heterocycles. The fourth-order valence-corrected chi connectivity index (χ4v) is 3.75. The number of rotatable bonds is 5. The molecule has 188 valence electrons. The minimum atomic E-state index is -3.67. The van der Waals surface area contributed by atoms with Crippen molar-refractivity contribution in [2.75, 3.05) is 37.9 Å². The van der Waals surface area contributed by atoms with E-state index in [0.29, 0.717) is 44.5 Å². The number of carbonyl (C=O) groups is 2. The largest absolute Gasteiger partial charge is 0.477 e. The summed E-state index contributed by atoms with van der Waals surface area (Å²) in [6.07, 6.45) is 2.80. The van der Waals surface area contributed by atoms with Crippen LogP contribution < -0.4 is 15.3 Å². The van der Waals surface area contributed by atoms with E-state index in [0.717, 1.165) is 11.9 Å². The third-order valence-corrected chi connectivity index (χ3v) is 5.38. The number of carboxylic acid groups (broad SMARTS) is 1. The fraction of sp³-hybridized carbons (Fsp3) is 0.474. The van der Waals surface area contributed by atoms with E-state index in [2.05, 4.69) is 10.1 Å². The van der Waals surface area contributed by atoms with Crippen molar-refractivity contribution in [3.63, 3.8) is 0 Å². The molecule has 0 radical (unpaired) electrons. The molecule has 1 aromatic rings. The van der Waals surface area contributed by atoms with Crippen molar-refractivity contribution in [2.45, 2.75) is 18.9 Å². The predicted molar refractivity (Wildman–Crippen MR) is 120 cm³/mol. The number of hydrogen-bond acceptors (Lipinski definition) is 9. The van der Waals surface area contributed by atoms with Crippen LogP contribution in [0, 0.1) is 5.92 Å². The number of Topliss-reactive ketones (excluding diaryl/α,β-unsaturated/α-hetero) is 1. The van der Waals surface area contributed by atoms with Crippen LogP contribution in [0.1, 0.15) is 23.2 Å². The van der Waals surface area contributed by atoms with Crippen LogP contribution in [-0.2, 0) is 19.8 Å². The van der Waals surface area contributed by atoms with Crippen LogP contribution in [-0.4, -0.2) is 85.0 Å². The van der Waals surface area contributed by atoms with Gasteiger partial charge in [-0.15, -0.1) is 0 Å². The first-order valence-electron chi connectivity index (χ1n) is 9.97. The van der Waals surface area contributed by atoms with Gasteiger partial charge >= 0.3 is 5.97 Å². The van der Waals surface area contributed by atoms with E-state index in [1.165, 1.54) is 13.2 Å². The molecule has 3 aliphatic rings. The van der Waals surface area contributed by atoms with Crippen molar-refractivity contribution in [1.29, 1.82) is 0 Å². The molecule has 2 unspecified atom stereocenters. The second-order valence-electron chi connectivity index (χ2n) is 7.95. The second-order valence-corrected chi connectivity index (χ2v) is 9.41. The molecule has 3 heterocycles. The van der Waals surface area contributed by atoms with Crippen molar-refractivity contribution in [2.24, 2.45) is 16.8 Å². The van der Waals surface area contributed by atoms with Crippen molar-refractivity contribution in [3.8, 4) is 0 Å². The molecule has 0 aromatic carbocycles. The molecule has 1 aliphatic carbocycles. The number of nitrogens with two attached hydrogens (primary N) is 1. The lowest BCUT2D eigenvalue weighted by Gasteiger charge is -2.27. The molecule has 2 fully saturated rings. The van der Waals surface area contributed by atoms with Crippen LogP contribution in [0.15, 0.2) is 29.1 Å². The first-order chi connectivity index (χ1) is 15.4. The normalized spacial score (nSPS) is 25.0. The number of pyridine rings is 1. The Bertz CT molecular complexity index is 1130. The second kappa shape index (κ2) is 10.1. The van der Waals surface area contributed by atoms with Gasteiger partial charge in [0.15, 0.2) is 11.8 Å². The monoisotopic (exact) mass is 504 g/mol. The Morgan fingerprint density at radius 3 is 2.53 bits per heavy atom.